The summed E-state index contributed by atoms with van der Waals surface area (Å²) in [5, 5.41) is 4.79. The van der Waals surface area contributed by atoms with Crippen molar-refractivity contribution in [1.29, 1.82) is 0 Å². The van der Waals surface area contributed by atoms with Gasteiger partial charge in [-0.25, -0.2) is 5.43 Å². The SMILES string of the molecule is O=C(N/N=C/c1ccc(-c2cccc(Cl)c2Cl)o1)c1ccc(I)cc1. The molecule has 1 amide bonds. The Morgan fingerprint density at radius 1 is 1.08 bits per heavy atom. The van der Waals surface area contributed by atoms with Crippen LogP contribution in [-0.2, 0) is 0 Å². The first kappa shape index (κ1) is 18.0. The summed E-state index contributed by atoms with van der Waals surface area (Å²) in [5.74, 6) is 0.754. The molecule has 0 aliphatic heterocycles. The molecule has 3 rings (SSSR count). The molecule has 0 aliphatic rings. The second kappa shape index (κ2) is 8.03. The number of nitrogens with one attached hydrogen (secondary N) is 1. The number of hydrazone groups is 1. The van der Waals surface area contributed by atoms with Crippen LogP contribution in [0.15, 0.2) is 64.1 Å². The van der Waals surface area contributed by atoms with Crippen LogP contribution in [-0.4, -0.2) is 12.1 Å². The van der Waals surface area contributed by atoms with Crippen LogP contribution in [0.25, 0.3) is 11.3 Å². The fourth-order valence-corrected chi connectivity index (χ4v) is 2.83. The summed E-state index contributed by atoms with van der Waals surface area (Å²) in [6.07, 6.45) is 1.42. The van der Waals surface area contributed by atoms with Gasteiger partial charge < -0.3 is 4.42 Å². The molecular formula is C18H11Cl2IN2O2. The average molecular weight is 485 g/mol. The minimum Gasteiger partial charge on any atom is -0.455 e. The highest BCUT2D eigenvalue weighted by atomic mass is 127. The number of carbonyl (C=O) groups is 1. The zero-order chi connectivity index (χ0) is 17.8. The highest BCUT2D eigenvalue weighted by Gasteiger charge is 2.10. The van der Waals surface area contributed by atoms with Gasteiger partial charge in [0, 0.05) is 14.7 Å². The highest BCUT2D eigenvalue weighted by Crippen LogP contribution is 2.34. The van der Waals surface area contributed by atoms with Crippen molar-refractivity contribution < 1.29 is 9.21 Å². The van der Waals surface area contributed by atoms with Gasteiger partial charge in [-0.2, -0.15) is 5.10 Å². The van der Waals surface area contributed by atoms with Crippen molar-refractivity contribution in [3.05, 3.63) is 79.5 Å². The minimum absolute atomic E-state index is 0.294. The number of hydrogen-bond donors (Lipinski definition) is 1. The quantitative estimate of drug-likeness (QED) is 0.297. The Balaban J connectivity index is 1.69. The van der Waals surface area contributed by atoms with E-state index in [9.17, 15) is 4.79 Å². The standard InChI is InChI=1S/C18H11Cl2IN2O2/c19-15-3-1-2-14(17(15)20)16-9-8-13(25-16)10-22-23-18(24)11-4-6-12(21)7-5-11/h1-10H,(H,23,24)/b22-10+. The van der Waals surface area contributed by atoms with Crippen LogP contribution < -0.4 is 5.43 Å². The molecule has 0 radical (unpaired) electrons. The number of hydrogen-bond acceptors (Lipinski definition) is 3. The van der Waals surface area contributed by atoms with Crippen LogP contribution in [0.4, 0.5) is 0 Å². The second-order valence-electron chi connectivity index (χ2n) is 5.01. The first-order chi connectivity index (χ1) is 12.0. The van der Waals surface area contributed by atoms with Crippen molar-refractivity contribution >= 4 is 57.9 Å². The Morgan fingerprint density at radius 3 is 2.60 bits per heavy atom. The van der Waals surface area contributed by atoms with Gasteiger partial charge in [0.25, 0.3) is 5.91 Å². The maximum Gasteiger partial charge on any atom is 0.271 e. The molecule has 4 nitrogen and oxygen atoms in total. The van der Waals surface area contributed by atoms with E-state index in [1.54, 1.807) is 36.4 Å². The lowest BCUT2D eigenvalue weighted by atomic mass is 10.2. The lowest BCUT2D eigenvalue weighted by Crippen LogP contribution is -2.17. The van der Waals surface area contributed by atoms with Gasteiger partial charge in [0.2, 0.25) is 0 Å². The number of rotatable bonds is 4. The zero-order valence-electron chi connectivity index (χ0n) is 12.7. The lowest BCUT2D eigenvalue weighted by Gasteiger charge is -2.02. The van der Waals surface area contributed by atoms with E-state index < -0.39 is 0 Å². The molecule has 0 fully saturated rings. The van der Waals surface area contributed by atoms with Crippen LogP contribution in [0, 0.1) is 3.57 Å². The van der Waals surface area contributed by atoms with Gasteiger partial charge in [-0.3, -0.25) is 4.79 Å². The third-order valence-corrected chi connectivity index (χ3v) is 4.85. The van der Waals surface area contributed by atoms with Crippen molar-refractivity contribution in [3.8, 4) is 11.3 Å². The number of nitrogens with zero attached hydrogens (tertiary/aromatic N) is 1. The van der Waals surface area contributed by atoms with Crippen molar-refractivity contribution in [2.24, 2.45) is 5.10 Å². The predicted octanol–water partition coefficient (Wildman–Crippen LogP) is 5.62. The molecule has 0 bridgehead atoms. The molecule has 0 saturated carbocycles. The van der Waals surface area contributed by atoms with Gasteiger partial charge in [0.1, 0.15) is 11.5 Å². The zero-order valence-corrected chi connectivity index (χ0v) is 16.3. The summed E-state index contributed by atoms with van der Waals surface area (Å²) in [6, 6.07) is 16.0. The van der Waals surface area contributed by atoms with Crippen LogP contribution in [0.2, 0.25) is 10.0 Å². The van der Waals surface area contributed by atoms with E-state index >= 15 is 0 Å². The smallest absolute Gasteiger partial charge is 0.271 e. The van der Waals surface area contributed by atoms with Crippen LogP contribution >= 0.6 is 45.8 Å². The molecule has 3 aromatic rings. The van der Waals surface area contributed by atoms with Gasteiger partial charge in [0.05, 0.1) is 16.3 Å². The van der Waals surface area contributed by atoms with Crippen molar-refractivity contribution in [2.75, 3.05) is 0 Å². The largest absolute Gasteiger partial charge is 0.455 e. The van der Waals surface area contributed by atoms with Crippen molar-refractivity contribution in [2.45, 2.75) is 0 Å². The molecule has 2 aromatic carbocycles. The first-order valence-electron chi connectivity index (χ1n) is 7.18. The van der Waals surface area contributed by atoms with E-state index in [1.807, 2.05) is 18.2 Å². The first-order valence-corrected chi connectivity index (χ1v) is 9.01. The Hall–Kier alpha value is -1.83. The Kier molecular flexibility index (Phi) is 5.78. The third kappa shape index (κ3) is 4.42. The summed E-state index contributed by atoms with van der Waals surface area (Å²) in [7, 11) is 0. The van der Waals surface area contributed by atoms with Crippen molar-refractivity contribution in [3.63, 3.8) is 0 Å². The van der Waals surface area contributed by atoms with E-state index in [0.29, 0.717) is 32.7 Å². The molecule has 1 N–H and O–H groups in total. The average Bonchev–Trinajstić information content (AvgIpc) is 3.06. The summed E-state index contributed by atoms with van der Waals surface area (Å²) in [5.41, 5.74) is 3.68. The Bertz CT molecular complexity index is 937. The van der Waals surface area contributed by atoms with Crippen LogP contribution in [0.1, 0.15) is 16.1 Å². The maximum absolute atomic E-state index is 12.0. The van der Waals surface area contributed by atoms with Crippen LogP contribution in [0.5, 0.6) is 0 Å². The van der Waals surface area contributed by atoms with E-state index in [1.165, 1.54) is 6.21 Å². The summed E-state index contributed by atoms with van der Waals surface area (Å²) < 4.78 is 6.72. The number of halogens is 3. The van der Waals surface area contributed by atoms with E-state index in [2.05, 4.69) is 33.1 Å². The predicted molar refractivity (Wildman–Crippen MR) is 108 cm³/mol. The fourth-order valence-electron chi connectivity index (χ4n) is 2.08. The number of furan rings is 1. The summed E-state index contributed by atoms with van der Waals surface area (Å²) in [6.45, 7) is 0. The normalized spacial score (nSPS) is 11.0. The molecule has 7 heteroatoms. The number of carbonyl (C=O) groups excluding carboxylic acids is 1. The van der Waals surface area contributed by atoms with Crippen LogP contribution in [0.3, 0.4) is 0 Å². The third-order valence-electron chi connectivity index (χ3n) is 3.31. The summed E-state index contributed by atoms with van der Waals surface area (Å²) in [4.78, 5) is 12.0. The van der Waals surface area contributed by atoms with E-state index in [4.69, 9.17) is 27.6 Å². The van der Waals surface area contributed by atoms with Gasteiger partial charge >= 0.3 is 0 Å². The fraction of sp³-hybridized carbons (Fsp3) is 0. The van der Waals surface area contributed by atoms with Gasteiger partial charge in [0.15, 0.2) is 0 Å². The highest BCUT2D eigenvalue weighted by molar-refractivity contribution is 14.1. The lowest BCUT2D eigenvalue weighted by molar-refractivity contribution is 0.0955. The van der Waals surface area contributed by atoms with Gasteiger partial charge in [-0.05, 0) is 71.1 Å². The van der Waals surface area contributed by atoms with E-state index in [0.717, 1.165) is 3.57 Å². The van der Waals surface area contributed by atoms with Crippen molar-refractivity contribution in [1.82, 2.24) is 5.43 Å². The molecule has 0 unspecified atom stereocenters. The Morgan fingerprint density at radius 2 is 1.84 bits per heavy atom. The topological polar surface area (TPSA) is 54.6 Å². The minimum atomic E-state index is -0.294. The molecule has 126 valence electrons. The molecule has 1 heterocycles. The number of amides is 1. The Labute approximate surface area is 168 Å². The molecule has 0 spiro atoms. The molecule has 25 heavy (non-hydrogen) atoms. The molecule has 0 atom stereocenters. The second-order valence-corrected chi connectivity index (χ2v) is 7.04. The number of benzene rings is 2. The molecule has 0 saturated heterocycles. The van der Waals surface area contributed by atoms with Gasteiger partial charge in [-0.15, -0.1) is 0 Å². The van der Waals surface area contributed by atoms with E-state index in [-0.39, 0.29) is 5.91 Å². The van der Waals surface area contributed by atoms with Gasteiger partial charge in [-0.1, -0.05) is 29.3 Å². The monoisotopic (exact) mass is 484 g/mol. The summed E-state index contributed by atoms with van der Waals surface area (Å²) >= 11 is 14.4. The molecule has 1 aromatic heterocycles. The molecule has 0 aliphatic carbocycles. The molecular weight excluding hydrogens is 474 g/mol. The maximum atomic E-state index is 12.0.